The van der Waals surface area contributed by atoms with Gasteiger partial charge in [0.05, 0.1) is 19.9 Å². The summed E-state index contributed by atoms with van der Waals surface area (Å²) < 4.78 is 23.7. The Hall–Kier alpha value is -1.21. The number of aliphatic hydroxyl groups is 1. The summed E-state index contributed by atoms with van der Waals surface area (Å²) in [7, 11) is 0. The number of aliphatic hydroxyl groups excluding tert-OH is 1. The zero-order chi connectivity index (χ0) is 37.3. The lowest BCUT2D eigenvalue weighted by Crippen LogP contribution is -2.29. The van der Waals surface area contributed by atoms with Gasteiger partial charge in [-0.1, -0.05) is 149 Å². The molecule has 0 aliphatic heterocycles. The molecular weight excluding hydrogens is 641 g/mol. The van der Waals surface area contributed by atoms with E-state index in [-0.39, 0.29) is 31.3 Å². The first-order chi connectivity index (χ1) is 25.1. The van der Waals surface area contributed by atoms with Crippen molar-refractivity contribution in [3.05, 3.63) is 0 Å². The lowest BCUT2D eigenvalue weighted by molar-refractivity contribution is -0.150. The van der Waals surface area contributed by atoms with E-state index in [2.05, 4.69) is 18.7 Å². The van der Waals surface area contributed by atoms with E-state index in [0.717, 1.165) is 129 Å². The van der Waals surface area contributed by atoms with Crippen molar-refractivity contribution < 1.29 is 28.6 Å². The minimum atomic E-state index is -0.207. The van der Waals surface area contributed by atoms with Crippen LogP contribution in [0.25, 0.3) is 0 Å². The molecule has 304 valence electrons. The van der Waals surface area contributed by atoms with Crippen LogP contribution >= 0.6 is 0 Å². The summed E-state index contributed by atoms with van der Waals surface area (Å²) in [5.74, 6) is -0.0907. The van der Waals surface area contributed by atoms with Crippen LogP contribution in [-0.4, -0.2) is 67.6 Å². The SMILES string of the molecule is CCCCCCCCCCCOC(=O)CCCCCN(CCO)CCCCCCCC(=O)OC(CCCCCCCC)CCCCCCCCF. The Bertz CT molecular complexity index is 724. The van der Waals surface area contributed by atoms with Crippen molar-refractivity contribution in [1.29, 1.82) is 0 Å². The van der Waals surface area contributed by atoms with E-state index in [9.17, 15) is 19.1 Å². The topological polar surface area (TPSA) is 76.1 Å². The fourth-order valence-electron chi connectivity index (χ4n) is 6.90. The van der Waals surface area contributed by atoms with Crippen LogP contribution in [0.1, 0.15) is 226 Å². The standard InChI is InChI=1S/C44H86FNO5/c1-3-5-7-9-11-12-15-22-31-41-50-43(48)34-27-23-30-38-46(39-40-47)37-29-21-16-19-26-35-44(49)51-42(32-24-17-10-8-6-4-2)33-25-18-13-14-20-28-36-45/h42,47H,3-41H2,1-2H3. The third-order valence-corrected chi connectivity index (χ3v) is 10.2. The van der Waals surface area contributed by atoms with Gasteiger partial charge in [0.25, 0.3) is 0 Å². The third-order valence-electron chi connectivity index (χ3n) is 10.2. The van der Waals surface area contributed by atoms with Gasteiger partial charge in [-0.25, -0.2) is 0 Å². The fraction of sp³-hybridized carbons (Fsp3) is 0.955. The lowest BCUT2D eigenvalue weighted by Gasteiger charge is -2.21. The Morgan fingerprint density at radius 3 is 1.43 bits per heavy atom. The highest BCUT2D eigenvalue weighted by Gasteiger charge is 2.14. The van der Waals surface area contributed by atoms with Gasteiger partial charge in [-0.2, -0.15) is 0 Å². The van der Waals surface area contributed by atoms with E-state index >= 15 is 0 Å². The van der Waals surface area contributed by atoms with Crippen LogP contribution in [0.4, 0.5) is 4.39 Å². The number of rotatable bonds is 42. The normalized spacial score (nSPS) is 12.1. The molecule has 0 amide bonds. The van der Waals surface area contributed by atoms with Crippen LogP contribution in [0.2, 0.25) is 0 Å². The quantitative estimate of drug-likeness (QED) is 0.0498. The van der Waals surface area contributed by atoms with E-state index in [4.69, 9.17) is 9.47 Å². The molecule has 51 heavy (non-hydrogen) atoms. The number of hydrogen-bond acceptors (Lipinski definition) is 6. The molecule has 0 heterocycles. The van der Waals surface area contributed by atoms with Crippen molar-refractivity contribution in [1.82, 2.24) is 4.90 Å². The highest BCUT2D eigenvalue weighted by molar-refractivity contribution is 5.69. The van der Waals surface area contributed by atoms with Gasteiger partial charge < -0.3 is 19.5 Å². The number of nitrogens with zero attached hydrogens (tertiary/aromatic N) is 1. The summed E-state index contributed by atoms with van der Waals surface area (Å²) in [5, 5.41) is 9.53. The predicted molar refractivity (Wildman–Crippen MR) is 214 cm³/mol. The average molecular weight is 728 g/mol. The van der Waals surface area contributed by atoms with E-state index in [1.54, 1.807) is 0 Å². The monoisotopic (exact) mass is 728 g/mol. The number of hydrogen-bond donors (Lipinski definition) is 1. The molecule has 1 atom stereocenters. The van der Waals surface area contributed by atoms with Gasteiger partial charge in [0.2, 0.25) is 0 Å². The molecular formula is C44H86FNO5. The molecule has 0 saturated carbocycles. The zero-order valence-electron chi connectivity index (χ0n) is 34.1. The van der Waals surface area contributed by atoms with Gasteiger partial charge in [-0.05, 0) is 77.3 Å². The maximum Gasteiger partial charge on any atom is 0.306 e. The lowest BCUT2D eigenvalue weighted by atomic mass is 10.0. The molecule has 1 N–H and O–H groups in total. The molecule has 0 aliphatic carbocycles. The molecule has 6 nitrogen and oxygen atoms in total. The number of carbonyl (C=O) groups excluding carboxylic acids is 2. The molecule has 0 rings (SSSR count). The molecule has 0 saturated heterocycles. The van der Waals surface area contributed by atoms with Crippen molar-refractivity contribution in [2.45, 2.75) is 232 Å². The van der Waals surface area contributed by atoms with E-state index in [0.29, 0.717) is 32.4 Å². The second-order valence-corrected chi connectivity index (χ2v) is 15.2. The highest BCUT2D eigenvalue weighted by atomic mass is 19.1. The Morgan fingerprint density at radius 1 is 0.510 bits per heavy atom. The van der Waals surface area contributed by atoms with Crippen molar-refractivity contribution in [3.63, 3.8) is 0 Å². The average Bonchev–Trinajstić information content (AvgIpc) is 3.12. The van der Waals surface area contributed by atoms with Gasteiger partial charge in [0.15, 0.2) is 0 Å². The Morgan fingerprint density at radius 2 is 0.922 bits per heavy atom. The molecule has 0 aromatic rings. The maximum atomic E-state index is 12.7. The van der Waals surface area contributed by atoms with Crippen molar-refractivity contribution in [2.75, 3.05) is 39.5 Å². The van der Waals surface area contributed by atoms with Crippen LogP contribution in [0.5, 0.6) is 0 Å². The molecule has 0 aromatic carbocycles. The minimum Gasteiger partial charge on any atom is -0.466 e. The van der Waals surface area contributed by atoms with Crippen LogP contribution < -0.4 is 0 Å². The van der Waals surface area contributed by atoms with Crippen LogP contribution in [-0.2, 0) is 19.1 Å². The van der Waals surface area contributed by atoms with E-state index in [1.807, 2.05) is 0 Å². The molecule has 0 aliphatic rings. The minimum absolute atomic E-state index is 0.0323. The molecule has 1 unspecified atom stereocenters. The summed E-state index contributed by atoms with van der Waals surface area (Å²) in [6.45, 7) is 7.67. The summed E-state index contributed by atoms with van der Waals surface area (Å²) in [6, 6.07) is 0. The summed E-state index contributed by atoms with van der Waals surface area (Å²) >= 11 is 0. The largest absolute Gasteiger partial charge is 0.466 e. The van der Waals surface area contributed by atoms with Gasteiger partial charge in [0.1, 0.15) is 6.10 Å². The molecule has 7 heteroatoms. The van der Waals surface area contributed by atoms with Gasteiger partial charge >= 0.3 is 11.9 Å². The summed E-state index contributed by atoms with van der Waals surface area (Å²) in [5.41, 5.74) is 0. The highest BCUT2D eigenvalue weighted by Crippen LogP contribution is 2.18. The number of ether oxygens (including phenoxy) is 2. The van der Waals surface area contributed by atoms with Crippen LogP contribution in [0.15, 0.2) is 0 Å². The Kier molecular flexibility index (Phi) is 40.6. The predicted octanol–water partition coefficient (Wildman–Crippen LogP) is 12.6. The van der Waals surface area contributed by atoms with E-state index in [1.165, 1.54) is 77.0 Å². The first-order valence-electron chi connectivity index (χ1n) is 22.3. The summed E-state index contributed by atoms with van der Waals surface area (Å²) in [4.78, 5) is 27.1. The van der Waals surface area contributed by atoms with Crippen molar-refractivity contribution in [2.24, 2.45) is 0 Å². The molecule has 0 radical (unpaired) electrons. The maximum absolute atomic E-state index is 12.7. The van der Waals surface area contributed by atoms with Crippen LogP contribution in [0.3, 0.4) is 0 Å². The number of esters is 2. The molecule has 0 aromatic heterocycles. The first-order valence-corrected chi connectivity index (χ1v) is 22.3. The summed E-state index contributed by atoms with van der Waals surface area (Å²) in [6.07, 6.45) is 36.3. The fourth-order valence-corrected chi connectivity index (χ4v) is 6.90. The Balaban J connectivity index is 3.98. The third kappa shape index (κ3) is 38.3. The molecule has 0 spiro atoms. The van der Waals surface area contributed by atoms with Gasteiger partial charge in [-0.15, -0.1) is 0 Å². The molecule has 0 fully saturated rings. The molecule has 0 bridgehead atoms. The van der Waals surface area contributed by atoms with E-state index < -0.39 is 0 Å². The Labute approximate surface area is 316 Å². The zero-order valence-corrected chi connectivity index (χ0v) is 34.1. The van der Waals surface area contributed by atoms with Crippen molar-refractivity contribution in [3.8, 4) is 0 Å². The number of unbranched alkanes of at least 4 members (excludes halogenated alkanes) is 24. The van der Waals surface area contributed by atoms with Gasteiger partial charge in [-0.3, -0.25) is 14.0 Å². The van der Waals surface area contributed by atoms with Crippen LogP contribution in [0, 0.1) is 0 Å². The number of alkyl halides is 1. The first kappa shape index (κ1) is 49.8. The second-order valence-electron chi connectivity index (χ2n) is 15.2. The smallest absolute Gasteiger partial charge is 0.306 e. The number of halogens is 1. The van der Waals surface area contributed by atoms with Crippen molar-refractivity contribution >= 4 is 11.9 Å². The van der Waals surface area contributed by atoms with Gasteiger partial charge in [0, 0.05) is 19.4 Å². The second kappa shape index (κ2) is 41.5. The number of carbonyl (C=O) groups is 2.